The summed E-state index contributed by atoms with van der Waals surface area (Å²) in [5, 5.41) is -0.525. The number of para-hydroxylation sites is 1. The van der Waals surface area contributed by atoms with E-state index in [1.165, 1.54) is 0 Å². The SMILES string of the molecule is CC1(Oc2ccccc2)SC12OCO2. The zero-order valence-electron chi connectivity index (χ0n) is 7.73. The molecule has 3 nitrogen and oxygen atoms in total. The molecule has 2 fully saturated rings. The Labute approximate surface area is 86.3 Å². The molecule has 2 aliphatic heterocycles. The number of thioether (sulfide) groups is 1. The summed E-state index contributed by atoms with van der Waals surface area (Å²) in [6, 6.07) is 9.70. The van der Waals surface area contributed by atoms with Gasteiger partial charge >= 0.3 is 0 Å². The van der Waals surface area contributed by atoms with Gasteiger partial charge in [0.05, 0.1) is 0 Å². The lowest BCUT2D eigenvalue weighted by atomic mass is 10.3. The maximum absolute atomic E-state index is 5.78. The molecular weight excluding hydrogens is 200 g/mol. The van der Waals surface area contributed by atoms with Crippen LogP contribution in [0.15, 0.2) is 30.3 Å². The molecule has 3 rings (SSSR count). The summed E-state index contributed by atoms with van der Waals surface area (Å²) >= 11 is 1.56. The van der Waals surface area contributed by atoms with Gasteiger partial charge in [0.2, 0.25) is 4.93 Å². The third-order valence-electron chi connectivity index (χ3n) is 2.40. The molecule has 0 saturated carbocycles. The minimum atomic E-state index is -0.525. The first kappa shape index (κ1) is 8.59. The highest BCUT2D eigenvalue weighted by atomic mass is 32.2. The molecule has 2 saturated heterocycles. The topological polar surface area (TPSA) is 27.7 Å². The largest absolute Gasteiger partial charge is 0.470 e. The van der Waals surface area contributed by atoms with Gasteiger partial charge in [0.1, 0.15) is 5.75 Å². The Kier molecular flexibility index (Phi) is 1.63. The third-order valence-corrected chi connectivity index (χ3v) is 3.83. The summed E-state index contributed by atoms with van der Waals surface area (Å²) in [4.78, 5) is -0.382. The van der Waals surface area contributed by atoms with Crippen molar-refractivity contribution in [2.24, 2.45) is 0 Å². The standard InChI is InChI=1S/C10H10O3S/c1-9(10(14-9)11-7-12-10)13-8-5-3-2-4-6-8/h2-6H,7H2,1H3. The lowest BCUT2D eigenvalue weighted by Gasteiger charge is -2.28. The van der Waals surface area contributed by atoms with Crippen molar-refractivity contribution in [1.82, 2.24) is 0 Å². The van der Waals surface area contributed by atoms with Crippen LogP contribution in [0.3, 0.4) is 0 Å². The van der Waals surface area contributed by atoms with E-state index in [9.17, 15) is 0 Å². The Morgan fingerprint density at radius 1 is 1.29 bits per heavy atom. The molecule has 0 bridgehead atoms. The van der Waals surface area contributed by atoms with Crippen molar-refractivity contribution in [3.8, 4) is 5.75 Å². The molecule has 0 N–H and O–H groups in total. The van der Waals surface area contributed by atoms with Crippen molar-refractivity contribution in [3.63, 3.8) is 0 Å². The zero-order chi connectivity index (χ0) is 9.65. The second-order valence-electron chi connectivity index (χ2n) is 3.43. The van der Waals surface area contributed by atoms with Crippen LogP contribution in [0.1, 0.15) is 6.92 Å². The van der Waals surface area contributed by atoms with Crippen LogP contribution < -0.4 is 4.74 Å². The first-order valence-corrected chi connectivity index (χ1v) is 5.28. The van der Waals surface area contributed by atoms with Crippen LogP contribution in [0.2, 0.25) is 0 Å². The van der Waals surface area contributed by atoms with E-state index >= 15 is 0 Å². The summed E-state index contributed by atoms with van der Waals surface area (Å²) in [5.74, 6) is 0.846. The zero-order valence-corrected chi connectivity index (χ0v) is 8.54. The molecule has 0 aromatic heterocycles. The van der Waals surface area contributed by atoms with Crippen LogP contribution in [-0.4, -0.2) is 16.8 Å². The average molecular weight is 210 g/mol. The predicted molar refractivity (Wildman–Crippen MR) is 52.8 cm³/mol. The number of rotatable bonds is 2. The maximum atomic E-state index is 5.78. The molecule has 2 heterocycles. The minimum Gasteiger partial charge on any atom is -0.470 e. The molecule has 0 aliphatic carbocycles. The number of ether oxygens (including phenoxy) is 3. The number of benzene rings is 1. The molecule has 2 aliphatic rings. The van der Waals surface area contributed by atoms with E-state index in [1.807, 2.05) is 37.3 Å². The number of hydrogen-bond acceptors (Lipinski definition) is 4. The van der Waals surface area contributed by atoms with Crippen LogP contribution >= 0.6 is 11.8 Å². The molecule has 1 spiro atoms. The van der Waals surface area contributed by atoms with Gasteiger partial charge in [-0.15, -0.1) is 0 Å². The monoisotopic (exact) mass is 210 g/mol. The molecule has 1 unspecified atom stereocenters. The van der Waals surface area contributed by atoms with E-state index in [2.05, 4.69) is 0 Å². The van der Waals surface area contributed by atoms with E-state index in [0.29, 0.717) is 6.79 Å². The van der Waals surface area contributed by atoms with Gasteiger partial charge in [0.25, 0.3) is 5.12 Å². The second-order valence-corrected chi connectivity index (χ2v) is 4.95. The van der Waals surface area contributed by atoms with Gasteiger partial charge < -0.3 is 14.2 Å². The van der Waals surface area contributed by atoms with Gasteiger partial charge in [-0.05, 0) is 30.8 Å². The van der Waals surface area contributed by atoms with Crippen LogP contribution in [0.25, 0.3) is 0 Å². The Morgan fingerprint density at radius 3 is 2.50 bits per heavy atom. The first-order chi connectivity index (χ1) is 6.74. The molecular formula is C10H10O3S. The normalized spacial score (nSPS) is 32.4. The lowest BCUT2D eigenvalue weighted by Crippen LogP contribution is -2.42. The van der Waals surface area contributed by atoms with Gasteiger partial charge in [0.15, 0.2) is 6.79 Å². The van der Waals surface area contributed by atoms with Crippen molar-refractivity contribution >= 4 is 11.8 Å². The van der Waals surface area contributed by atoms with Crippen molar-refractivity contribution in [2.45, 2.75) is 17.0 Å². The molecule has 14 heavy (non-hydrogen) atoms. The highest BCUT2D eigenvalue weighted by Crippen LogP contribution is 2.68. The van der Waals surface area contributed by atoms with Gasteiger partial charge in [0, 0.05) is 0 Å². The van der Waals surface area contributed by atoms with Gasteiger partial charge in [-0.1, -0.05) is 18.2 Å². The predicted octanol–water partition coefficient (Wildman–Crippen LogP) is 2.19. The van der Waals surface area contributed by atoms with Gasteiger partial charge in [-0.25, -0.2) is 0 Å². The Balaban J connectivity index is 1.75. The van der Waals surface area contributed by atoms with Gasteiger partial charge in [-0.3, -0.25) is 0 Å². The first-order valence-electron chi connectivity index (χ1n) is 4.46. The Bertz CT molecular complexity index is 350. The summed E-state index contributed by atoms with van der Waals surface area (Å²) in [6.07, 6.45) is 0. The quantitative estimate of drug-likeness (QED) is 0.699. The maximum Gasteiger partial charge on any atom is 0.277 e. The highest BCUT2D eigenvalue weighted by molar-refractivity contribution is 8.09. The highest BCUT2D eigenvalue weighted by Gasteiger charge is 2.77. The summed E-state index contributed by atoms with van der Waals surface area (Å²) in [7, 11) is 0. The van der Waals surface area contributed by atoms with E-state index in [1.54, 1.807) is 11.8 Å². The summed E-state index contributed by atoms with van der Waals surface area (Å²) < 4.78 is 16.4. The minimum absolute atomic E-state index is 0.376. The molecule has 1 aromatic rings. The van der Waals surface area contributed by atoms with Crippen molar-refractivity contribution < 1.29 is 14.2 Å². The van der Waals surface area contributed by atoms with E-state index < -0.39 is 5.12 Å². The fourth-order valence-corrected chi connectivity index (χ4v) is 2.49. The van der Waals surface area contributed by atoms with Crippen molar-refractivity contribution in [2.75, 3.05) is 6.79 Å². The third kappa shape index (κ3) is 1.08. The van der Waals surface area contributed by atoms with E-state index in [-0.39, 0.29) is 4.93 Å². The van der Waals surface area contributed by atoms with Crippen molar-refractivity contribution in [3.05, 3.63) is 30.3 Å². The molecule has 1 atom stereocenters. The van der Waals surface area contributed by atoms with E-state index in [4.69, 9.17) is 14.2 Å². The van der Waals surface area contributed by atoms with Crippen molar-refractivity contribution in [1.29, 1.82) is 0 Å². The molecule has 74 valence electrons. The lowest BCUT2D eigenvalue weighted by molar-refractivity contribution is -0.348. The summed E-state index contributed by atoms with van der Waals surface area (Å²) in [6.45, 7) is 2.35. The summed E-state index contributed by atoms with van der Waals surface area (Å²) in [5.41, 5.74) is 0. The molecule has 0 amide bonds. The van der Waals surface area contributed by atoms with Gasteiger partial charge in [-0.2, -0.15) is 0 Å². The van der Waals surface area contributed by atoms with Crippen LogP contribution in [0, 0.1) is 0 Å². The molecule has 4 heteroatoms. The van der Waals surface area contributed by atoms with Crippen LogP contribution in [0.4, 0.5) is 0 Å². The van der Waals surface area contributed by atoms with Crippen LogP contribution in [0.5, 0.6) is 5.75 Å². The molecule has 1 aromatic carbocycles. The second kappa shape index (κ2) is 2.66. The Morgan fingerprint density at radius 2 is 2.00 bits per heavy atom. The fraction of sp³-hybridized carbons (Fsp3) is 0.400. The Hall–Kier alpha value is -0.710. The smallest absolute Gasteiger partial charge is 0.277 e. The average Bonchev–Trinajstić information content (AvgIpc) is 2.73. The van der Waals surface area contributed by atoms with E-state index in [0.717, 1.165) is 5.75 Å². The number of hydrogen-bond donors (Lipinski definition) is 0. The fourth-order valence-electron chi connectivity index (χ4n) is 1.51. The molecule has 0 radical (unpaired) electrons. The van der Waals surface area contributed by atoms with Crippen LogP contribution in [-0.2, 0) is 9.47 Å².